The zero-order valence-electron chi connectivity index (χ0n) is 14.8. The Labute approximate surface area is 147 Å². The first-order chi connectivity index (χ1) is 12.0. The Bertz CT molecular complexity index is 989. The zero-order chi connectivity index (χ0) is 18.0. The average molecular weight is 334 g/mol. The van der Waals surface area contributed by atoms with E-state index in [-0.39, 0.29) is 11.5 Å². The summed E-state index contributed by atoms with van der Waals surface area (Å²) in [6.45, 7) is 6.70. The van der Waals surface area contributed by atoms with Gasteiger partial charge in [0.2, 0.25) is 0 Å². The number of benzene rings is 2. The van der Waals surface area contributed by atoms with Gasteiger partial charge in [-0.3, -0.25) is 9.59 Å². The van der Waals surface area contributed by atoms with Crippen LogP contribution < -0.4 is 5.56 Å². The lowest BCUT2D eigenvalue weighted by molar-refractivity contribution is 0.0751. The minimum absolute atomic E-state index is 0.0515. The summed E-state index contributed by atoms with van der Waals surface area (Å²) < 4.78 is 0. The molecule has 1 amide bonds. The first-order valence-electron chi connectivity index (χ1n) is 8.47. The number of pyridine rings is 1. The predicted octanol–water partition coefficient (Wildman–Crippen LogP) is 3.81. The molecule has 0 saturated heterocycles. The Kier molecular flexibility index (Phi) is 4.70. The van der Waals surface area contributed by atoms with E-state index < -0.39 is 0 Å². The van der Waals surface area contributed by atoms with Crippen molar-refractivity contribution >= 4 is 16.8 Å². The summed E-state index contributed by atoms with van der Waals surface area (Å²) in [5.41, 5.74) is 4.02. The molecule has 4 nitrogen and oxygen atoms in total. The van der Waals surface area contributed by atoms with Crippen LogP contribution in [0.4, 0.5) is 0 Å². The van der Waals surface area contributed by atoms with Crippen LogP contribution in [0.15, 0.2) is 53.3 Å². The minimum atomic E-state index is -0.146. The molecule has 1 N–H and O–H groups in total. The molecule has 1 heterocycles. The molecule has 3 aromatic rings. The van der Waals surface area contributed by atoms with Crippen LogP contribution in [0.25, 0.3) is 10.9 Å². The molecule has 0 spiro atoms. The molecule has 0 bridgehead atoms. The molecular weight excluding hydrogens is 312 g/mol. The summed E-state index contributed by atoms with van der Waals surface area (Å²) in [4.78, 5) is 29.9. The number of carbonyl (C=O) groups is 1. The van der Waals surface area contributed by atoms with Crippen LogP contribution in [0.5, 0.6) is 0 Å². The number of nitrogens with one attached hydrogen (secondary N) is 1. The summed E-state index contributed by atoms with van der Waals surface area (Å²) in [6.07, 6.45) is 0. The van der Waals surface area contributed by atoms with Gasteiger partial charge in [0.05, 0.1) is 6.54 Å². The lowest BCUT2D eigenvalue weighted by Crippen LogP contribution is -2.33. The van der Waals surface area contributed by atoms with Gasteiger partial charge in [0, 0.05) is 23.2 Å². The van der Waals surface area contributed by atoms with Crippen molar-refractivity contribution in [2.75, 3.05) is 6.54 Å². The van der Waals surface area contributed by atoms with E-state index in [4.69, 9.17) is 0 Å². The highest BCUT2D eigenvalue weighted by molar-refractivity contribution is 5.95. The van der Waals surface area contributed by atoms with Gasteiger partial charge in [-0.25, -0.2) is 0 Å². The summed E-state index contributed by atoms with van der Waals surface area (Å²) in [7, 11) is 0. The van der Waals surface area contributed by atoms with E-state index in [1.54, 1.807) is 4.90 Å². The molecule has 0 radical (unpaired) electrons. The van der Waals surface area contributed by atoms with E-state index in [0.717, 1.165) is 22.0 Å². The zero-order valence-corrected chi connectivity index (χ0v) is 14.8. The standard InChI is InChI=1S/C21H22N2O2/c1-4-23(21(25)18-8-6-5-7-15(18)3)13-17-12-16-11-14(2)9-10-19(16)22-20(17)24/h5-12H,4,13H2,1-3H3,(H,22,24). The van der Waals surface area contributed by atoms with Crippen LogP contribution in [0.1, 0.15) is 34.0 Å². The molecule has 0 atom stereocenters. The normalized spacial score (nSPS) is 10.8. The van der Waals surface area contributed by atoms with Crippen molar-refractivity contribution in [3.63, 3.8) is 0 Å². The Morgan fingerprint density at radius 1 is 1.08 bits per heavy atom. The summed E-state index contributed by atoms with van der Waals surface area (Å²) in [5, 5.41) is 0.981. The summed E-state index contributed by atoms with van der Waals surface area (Å²) in [5.74, 6) is -0.0515. The molecule has 128 valence electrons. The van der Waals surface area contributed by atoms with Gasteiger partial charge in [0.15, 0.2) is 0 Å². The smallest absolute Gasteiger partial charge is 0.254 e. The van der Waals surface area contributed by atoms with E-state index in [1.807, 2.05) is 69.3 Å². The largest absolute Gasteiger partial charge is 0.334 e. The number of H-pyrrole nitrogens is 1. The molecule has 2 aromatic carbocycles. The van der Waals surface area contributed by atoms with Gasteiger partial charge in [-0.15, -0.1) is 0 Å². The predicted molar refractivity (Wildman–Crippen MR) is 101 cm³/mol. The topological polar surface area (TPSA) is 53.2 Å². The van der Waals surface area contributed by atoms with Crippen LogP contribution in [0.2, 0.25) is 0 Å². The third kappa shape index (κ3) is 3.48. The van der Waals surface area contributed by atoms with E-state index >= 15 is 0 Å². The van der Waals surface area contributed by atoms with Crippen molar-refractivity contribution in [2.24, 2.45) is 0 Å². The maximum absolute atomic E-state index is 12.8. The number of hydrogen-bond acceptors (Lipinski definition) is 2. The van der Waals surface area contributed by atoms with E-state index in [1.165, 1.54) is 0 Å². The number of aromatic nitrogens is 1. The van der Waals surface area contributed by atoms with Crippen LogP contribution >= 0.6 is 0 Å². The number of carbonyl (C=O) groups excluding carboxylic acids is 1. The number of nitrogens with zero attached hydrogens (tertiary/aromatic N) is 1. The number of aromatic amines is 1. The van der Waals surface area contributed by atoms with Crippen molar-refractivity contribution in [1.29, 1.82) is 0 Å². The van der Waals surface area contributed by atoms with Gasteiger partial charge < -0.3 is 9.88 Å². The monoisotopic (exact) mass is 334 g/mol. The van der Waals surface area contributed by atoms with Crippen molar-refractivity contribution in [3.05, 3.63) is 81.1 Å². The first-order valence-corrected chi connectivity index (χ1v) is 8.47. The number of fused-ring (bicyclic) bond motifs is 1. The fourth-order valence-electron chi connectivity index (χ4n) is 3.00. The van der Waals surface area contributed by atoms with Crippen molar-refractivity contribution < 1.29 is 4.79 Å². The molecular formula is C21H22N2O2. The van der Waals surface area contributed by atoms with Gasteiger partial charge in [-0.1, -0.05) is 29.8 Å². The van der Waals surface area contributed by atoms with Gasteiger partial charge in [-0.05, 0) is 56.0 Å². The molecule has 0 aliphatic carbocycles. The van der Waals surface area contributed by atoms with Crippen LogP contribution in [0.3, 0.4) is 0 Å². The Balaban J connectivity index is 1.95. The minimum Gasteiger partial charge on any atom is -0.334 e. The molecule has 0 fully saturated rings. The Hall–Kier alpha value is -2.88. The number of rotatable bonds is 4. The van der Waals surface area contributed by atoms with Crippen molar-refractivity contribution in [3.8, 4) is 0 Å². The van der Waals surface area contributed by atoms with Crippen LogP contribution in [-0.2, 0) is 6.54 Å². The molecule has 4 heteroatoms. The van der Waals surface area contributed by atoms with Crippen molar-refractivity contribution in [2.45, 2.75) is 27.3 Å². The molecule has 1 aromatic heterocycles. The number of amides is 1. The van der Waals surface area contributed by atoms with Gasteiger partial charge in [0.1, 0.15) is 0 Å². The molecule has 3 rings (SSSR count). The fourth-order valence-corrected chi connectivity index (χ4v) is 3.00. The van der Waals surface area contributed by atoms with Gasteiger partial charge in [0.25, 0.3) is 11.5 Å². The lowest BCUT2D eigenvalue weighted by Gasteiger charge is -2.21. The number of hydrogen-bond donors (Lipinski definition) is 1. The molecule has 0 saturated carbocycles. The third-order valence-corrected chi connectivity index (χ3v) is 4.48. The average Bonchev–Trinajstić information content (AvgIpc) is 2.60. The number of aryl methyl sites for hydroxylation is 2. The Morgan fingerprint density at radius 2 is 1.84 bits per heavy atom. The van der Waals surface area contributed by atoms with Gasteiger partial charge in [-0.2, -0.15) is 0 Å². The second-order valence-corrected chi connectivity index (χ2v) is 6.35. The maximum atomic E-state index is 12.8. The summed E-state index contributed by atoms with van der Waals surface area (Å²) in [6, 6.07) is 15.3. The van der Waals surface area contributed by atoms with Crippen molar-refractivity contribution in [1.82, 2.24) is 9.88 Å². The van der Waals surface area contributed by atoms with E-state index in [0.29, 0.717) is 24.2 Å². The van der Waals surface area contributed by atoms with Gasteiger partial charge >= 0.3 is 0 Å². The molecule has 0 aliphatic heterocycles. The highest BCUT2D eigenvalue weighted by Gasteiger charge is 2.17. The second kappa shape index (κ2) is 6.93. The lowest BCUT2D eigenvalue weighted by atomic mass is 10.1. The highest BCUT2D eigenvalue weighted by atomic mass is 16.2. The second-order valence-electron chi connectivity index (χ2n) is 6.35. The Morgan fingerprint density at radius 3 is 2.56 bits per heavy atom. The molecule has 0 unspecified atom stereocenters. The van der Waals surface area contributed by atoms with Crippen LogP contribution in [0, 0.1) is 13.8 Å². The first kappa shape index (κ1) is 17.0. The quantitative estimate of drug-likeness (QED) is 0.789. The van der Waals surface area contributed by atoms with Crippen LogP contribution in [-0.4, -0.2) is 22.3 Å². The SMILES string of the molecule is CCN(Cc1cc2cc(C)ccc2[nH]c1=O)C(=O)c1ccccc1C. The fraction of sp³-hybridized carbons (Fsp3) is 0.238. The van der Waals surface area contributed by atoms with E-state index in [9.17, 15) is 9.59 Å². The molecule has 0 aliphatic rings. The summed E-state index contributed by atoms with van der Waals surface area (Å²) >= 11 is 0. The highest BCUT2D eigenvalue weighted by Crippen LogP contribution is 2.16. The third-order valence-electron chi connectivity index (χ3n) is 4.48. The molecule has 25 heavy (non-hydrogen) atoms. The van der Waals surface area contributed by atoms with E-state index in [2.05, 4.69) is 4.98 Å². The maximum Gasteiger partial charge on any atom is 0.254 e.